The Balaban J connectivity index is 0.00000182. The van der Waals surface area contributed by atoms with E-state index in [0.717, 1.165) is 38.4 Å². The highest BCUT2D eigenvalue weighted by Gasteiger charge is 2.42. The number of fused-ring (bicyclic) bond motifs is 1. The van der Waals surface area contributed by atoms with Crippen molar-refractivity contribution in [2.75, 3.05) is 31.1 Å². The van der Waals surface area contributed by atoms with E-state index in [-0.39, 0.29) is 24.4 Å². The largest absolute Gasteiger partial charge is 0.357 e. The SMILES string of the molecule is Cl.NC1CCC2CN(C(=O)c3ccc(N4CCCCCC4)nc3)CC12. The van der Waals surface area contributed by atoms with Crippen LogP contribution >= 0.6 is 12.4 Å². The fourth-order valence-corrected chi connectivity index (χ4v) is 4.66. The number of hydrogen-bond acceptors (Lipinski definition) is 4. The number of nitrogens with zero attached hydrogens (tertiary/aromatic N) is 3. The van der Waals surface area contributed by atoms with Crippen LogP contribution in [-0.2, 0) is 0 Å². The summed E-state index contributed by atoms with van der Waals surface area (Å²) < 4.78 is 0. The number of carbonyl (C=O) groups is 1. The Morgan fingerprint density at radius 1 is 1.08 bits per heavy atom. The van der Waals surface area contributed by atoms with Crippen molar-refractivity contribution in [3.8, 4) is 0 Å². The van der Waals surface area contributed by atoms with E-state index in [1.54, 1.807) is 6.20 Å². The molecule has 3 unspecified atom stereocenters. The summed E-state index contributed by atoms with van der Waals surface area (Å²) in [5.41, 5.74) is 6.89. The topological polar surface area (TPSA) is 62.5 Å². The second-order valence-corrected chi connectivity index (χ2v) is 7.68. The van der Waals surface area contributed by atoms with Gasteiger partial charge in [0.05, 0.1) is 5.56 Å². The number of amides is 1. The van der Waals surface area contributed by atoms with Crippen molar-refractivity contribution in [1.82, 2.24) is 9.88 Å². The van der Waals surface area contributed by atoms with Crippen molar-refractivity contribution in [3.63, 3.8) is 0 Å². The summed E-state index contributed by atoms with van der Waals surface area (Å²) in [5.74, 6) is 2.23. The Hall–Kier alpha value is -1.33. The number of hydrogen-bond donors (Lipinski definition) is 1. The molecule has 0 radical (unpaired) electrons. The van der Waals surface area contributed by atoms with Gasteiger partial charge in [0.15, 0.2) is 0 Å². The molecular weight excluding hydrogens is 336 g/mol. The van der Waals surface area contributed by atoms with Gasteiger partial charge in [-0.15, -0.1) is 12.4 Å². The van der Waals surface area contributed by atoms with Crippen LogP contribution in [0.1, 0.15) is 48.9 Å². The summed E-state index contributed by atoms with van der Waals surface area (Å²) in [6.07, 6.45) is 9.14. The first-order chi connectivity index (χ1) is 11.7. The Bertz CT molecular complexity index is 586. The zero-order valence-corrected chi connectivity index (χ0v) is 15.6. The van der Waals surface area contributed by atoms with Crippen LogP contribution in [0.3, 0.4) is 0 Å². The molecule has 3 fully saturated rings. The molecule has 3 atom stereocenters. The number of anilines is 1. The van der Waals surface area contributed by atoms with Gasteiger partial charge in [0.2, 0.25) is 0 Å². The number of pyridine rings is 1. The third-order valence-corrected chi connectivity index (χ3v) is 6.12. The molecule has 0 spiro atoms. The molecule has 1 amide bonds. The maximum Gasteiger partial charge on any atom is 0.255 e. The zero-order chi connectivity index (χ0) is 16.5. The number of nitrogens with two attached hydrogens (primary N) is 1. The van der Waals surface area contributed by atoms with Crippen LogP contribution in [0.25, 0.3) is 0 Å². The minimum atomic E-state index is 0. The first-order valence-corrected chi connectivity index (χ1v) is 9.48. The van der Waals surface area contributed by atoms with E-state index in [2.05, 4.69) is 9.88 Å². The van der Waals surface area contributed by atoms with Crippen molar-refractivity contribution >= 4 is 24.1 Å². The summed E-state index contributed by atoms with van der Waals surface area (Å²) in [6, 6.07) is 4.24. The highest BCUT2D eigenvalue weighted by atomic mass is 35.5. The van der Waals surface area contributed by atoms with Crippen LogP contribution < -0.4 is 10.6 Å². The van der Waals surface area contributed by atoms with E-state index in [1.807, 2.05) is 17.0 Å². The molecule has 5 nitrogen and oxygen atoms in total. The van der Waals surface area contributed by atoms with Crippen molar-refractivity contribution < 1.29 is 4.79 Å². The Morgan fingerprint density at radius 3 is 2.48 bits per heavy atom. The van der Waals surface area contributed by atoms with Crippen molar-refractivity contribution in [1.29, 1.82) is 0 Å². The van der Waals surface area contributed by atoms with Gasteiger partial charge in [-0.05, 0) is 49.7 Å². The molecule has 0 aromatic carbocycles. The van der Waals surface area contributed by atoms with Crippen LogP contribution in [0.15, 0.2) is 18.3 Å². The van der Waals surface area contributed by atoms with Crippen molar-refractivity contribution in [2.24, 2.45) is 17.6 Å². The smallest absolute Gasteiger partial charge is 0.255 e. The maximum absolute atomic E-state index is 12.8. The standard InChI is InChI=1S/C19H28N4O.ClH/c20-17-7-5-15-12-23(13-16(15)17)19(24)14-6-8-18(21-11-14)22-9-3-1-2-4-10-22;/h6,8,11,15-17H,1-5,7,9-10,12-13,20H2;1H. The monoisotopic (exact) mass is 364 g/mol. The summed E-state index contributed by atoms with van der Waals surface area (Å²) in [7, 11) is 0. The Labute approximate surface area is 156 Å². The van der Waals surface area contributed by atoms with Crippen LogP contribution in [-0.4, -0.2) is 48.0 Å². The maximum atomic E-state index is 12.8. The molecule has 4 rings (SSSR count). The van der Waals surface area contributed by atoms with Crippen LogP contribution in [0.4, 0.5) is 5.82 Å². The molecule has 2 saturated heterocycles. The van der Waals surface area contributed by atoms with Gasteiger partial charge in [-0.25, -0.2) is 4.98 Å². The zero-order valence-electron chi connectivity index (χ0n) is 14.8. The van der Waals surface area contributed by atoms with E-state index in [4.69, 9.17) is 5.73 Å². The highest BCUT2D eigenvalue weighted by Crippen LogP contribution is 2.37. The van der Waals surface area contributed by atoms with Gasteiger partial charge >= 0.3 is 0 Å². The average molecular weight is 365 g/mol. The predicted octanol–water partition coefficient (Wildman–Crippen LogP) is 2.69. The number of halogens is 1. The van der Waals surface area contributed by atoms with Gasteiger partial charge in [0, 0.05) is 38.4 Å². The van der Waals surface area contributed by atoms with Gasteiger partial charge in [0.25, 0.3) is 5.91 Å². The van der Waals surface area contributed by atoms with E-state index >= 15 is 0 Å². The quantitative estimate of drug-likeness (QED) is 0.876. The Kier molecular flexibility index (Phi) is 5.85. The third kappa shape index (κ3) is 3.77. The molecule has 2 N–H and O–H groups in total. The van der Waals surface area contributed by atoms with Gasteiger partial charge in [-0.3, -0.25) is 4.79 Å². The molecule has 3 aliphatic rings. The second kappa shape index (κ2) is 7.92. The number of aromatic nitrogens is 1. The number of carbonyl (C=O) groups excluding carboxylic acids is 1. The third-order valence-electron chi connectivity index (χ3n) is 6.12. The molecule has 0 bridgehead atoms. The van der Waals surface area contributed by atoms with Crippen molar-refractivity contribution in [2.45, 2.75) is 44.6 Å². The summed E-state index contributed by atoms with van der Waals surface area (Å²) in [6.45, 7) is 3.84. The van der Waals surface area contributed by atoms with E-state index < -0.39 is 0 Å². The molecule has 3 heterocycles. The lowest BCUT2D eigenvalue weighted by atomic mass is 9.98. The predicted molar refractivity (Wildman–Crippen MR) is 102 cm³/mol. The van der Waals surface area contributed by atoms with Crippen LogP contribution in [0.5, 0.6) is 0 Å². The van der Waals surface area contributed by atoms with Crippen LogP contribution in [0.2, 0.25) is 0 Å². The Morgan fingerprint density at radius 2 is 1.84 bits per heavy atom. The van der Waals surface area contributed by atoms with E-state index in [9.17, 15) is 4.79 Å². The highest BCUT2D eigenvalue weighted by molar-refractivity contribution is 5.94. The van der Waals surface area contributed by atoms with E-state index in [0.29, 0.717) is 17.4 Å². The summed E-state index contributed by atoms with van der Waals surface area (Å²) >= 11 is 0. The molecule has 1 aromatic heterocycles. The van der Waals surface area contributed by atoms with E-state index in [1.165, 1.54) is 32.1 Å². The summed E-state index contributed by atoms with van der Waals surface area (Å²) in [5, 5.41) is 0. The number of rotatable bonds is 2. The lowest BCUT2D eigenvalue weighted by molar-refractivity contribution is 0.0779. The molecule has 138 valence electrons. The fourth-order valence-electron chi connectivity index (χ4n) is 4.66. The molecule has 2 aliphatic heterocycles. The fraction of sp³-hybridized carbons (Fsp3) is 0.684. The molecular formula is C19H29ClN4O. The lowest BCUT2D eigenvalue weighted by Gasteiger charge is -2.22. The molecule has 1 saturated carbocycles. The van der Waals surface area contributed by atoms with Gasteiger partial charge in [0.1, 0.15) is 5.82 Å². The molecule has 1 aromatic rings. The minimum absolute atomic E-state index is 0. The van der Waals surface area contributed by atoms with Crippen LogP contribution in [0, 0.1) is 11.8 Å². The minimum Gasteiger partial charge on any atom is -0.357 e. The average Bonchev–Trinajstić information content (AvgIpc) is 3.06. The van der Waals surface area contributed by atoms with Gasteiger partial charge in [-0.2, -0.15) is 0 Å². The first kappa shape index (κ1) is 18.5. The molecule has 6 heteroatoms. The van der Waals surface area contributed by atoms with Gasteiger partial charge in [-0.1, -0.05) is 12.8 Å². The summed E-state index contributed by atoms with van der Waals surface area (Å²) in [4.78, 5) is 21.7. The first-order valence-electron chi connectivity index (χ1n) is 9.48. The number of likely N-dealkylation sites (tertiary alicyclic amines) is 1. The molecule has 25 heavy (non-hydrogen) atoms. The molecule has 1 aliphatic carbocycles. The normalized spacial score (nSPS) is 29.1. The lowest BCUT2D eigenvalue weighted by Crippen LogP contribution is -2.33. The van der Waals surface area contributed by atoms with Crippen molar-refractivity contribution in [3.05, 3.63) is 23.9 Å². The second-order valence-electron chi connectivity index (χ2n) is 7.68. The van der Waals surface area contributed by atoms with Gasteiger partial charge < -0.3 is 15.5 Å².